The number of nitrogens with zero attached hydrogens (tertiary/aromatic N) is 1. The molecule has 2 unspecified atom stereocenters. The molecule has 0 radical (unpaired) electrons. The van der Waals surface area contributed by atoms with E-state index in [-0.39, 0.29) is 0 Å². The van der Waals surface area contributed by atoms with Crippen molar-refractivity contribution < 1.29 is 0 Å². The fourth-order valence-electron chi connectivity index (χ4n) is 2.31. The number of likely N-dealkylation sites (N-methyl/N-ethyl adjacent to an activating group) is 1. The molecule has 1 aromatic rings. The average Bonchev–Trinajstić information content (AvgIpc) is 2.21. The van der Waals surface area contributed by atoms with Gasteiger partial charge in [-0.3, -0.25) is 4.98 Å². The van der Waals surface area contributed by atoms with Crippen LogP contribution in [-0.2, 0) is 0 Å². The molecule has 0 saturated heterocycles. The Morgan fingerprint density at radius 3 is 2.56 bits per heavy atom. The number of aromatic nitrogens is 1. The zero-order valence-electron chi connectivity index (χ0n) is 10.5. The molecule has 2 atom stereocenters. The minimum Gasteiger partial charge on any atom is -0.314 e. The van der Waals surface area contributed by atoms with Crippen LogP contribution in [0.1, 0.15) is 39.2 Å². The summed E-state index contributed by atoms with van der Waals surface area (Å²) in [6.07, 6.45) is 3.54. The Morgan fingerprint density at radius 1 is 1.38 bits per heavy atom. The molecule has 0 saturated carbocycles. The van der Waals surface area contributed by atoms with E-state index in [2.05, 4.69) is 38.0 Å². The van der Waals surface area contributed by atoms with Gasteiger partial charge >= 0.3 is 0 Å². The lowest BCUT2D eigenvalue weighted by Crippen LogP contribution is -2.34. The molecule has 2 nitrogen and oxygen atoms in total. The van der Waals surface area contributed by atoms with Crippen molar-refractivity contribution in [1.29, 1.82) is 0 Å². The standard InChI is InChI=1S/C13H21ClN2/c1-5-16-10(4)13(9(2)3)11-6-7-15-8-12(11)14/h6-10,13,16H,5H2,1-4H3. The van der Waals surface area contributed by atoms with E-state index in [1.165, 1.54) is 5.56 Å². The highest BCUT2D eigenvalue weighted by atomic mass is 35.5. The Balaban J connectivity index is 2.98. The average molecular weight is 241 g/mol. The Morgan fingerprint density at radius 2 is 2.06 bits per heavy atom. The maximum atomic E-state index is 6.22. The predicted octanol–water partition coefficient (Wildman–Crippen LogP) is 3.47. The summed E-state index contributed by atoms with van der Waals surface area (Å²) in [5.41, 5.74) is 1.19. The second-order valence-corrected chi connectivity index (χ2v) is 4.92. The Hall–Kier alpha value is -0.600. The van der Waals surface area contributed by atoms with Gasteiger partial charge in [0.2, 0.25) is 0 Å². The molecule has 0 aliphatic carbocycles. The molecule has 0 spiro atoms. The Labute approximate surface area is 103 Å². The lowest BCUT2D eigenvalue weighted by atomic mass is 9.83. The van der Waals surface area contributed by atoms with Crippen LogP contribution in [0.4, 0.5) is 0 Å². The van der Waals surface area contributed by atoms with Crippen LogP contribution in [0.2, 0.25) is 5.02 Å². The van der Waals surface area contributed by atoms with Crippen molar-refractivity contribution in [3.63, 3.8) is 0 Å². The summed E-state index contributed by atoms with van der Waals surface area (Å²) in [5, 5.41) is 4.24. The van der Waals surface area contributed by atoms with E-state index < -0.39 is 0 Å². The van der Waals surface area contributed by atoms with E-state index in [1.54, 1.807) is 6.20 Å². The topological polar surface area (TPSA) is 24.9 Å². The molecular formula is C13H21ClN2. The van der Waals surface area contributed by atoms with Crippen LogP contribution in [0.5, 0.6) is 0 Å². The molecule has 16 heavy (non-hydrogen) atoms. The van der Waals surface area contributed by atoms with Crippen LogP contribution in [0.25, 0.3) is 0 Å². The van der Waals surface area contributed by atoms with E-state index in [9.17, 15) is 0 Å². The van der Waals surface area contributed by atoms with E-state index >= 15 is 0 Å². The van der Waals surface area contributed by atoms with Gasteiger partial charge in [0.25, 0.3) is 0 Å². The van der Waals surface area contributed by atoms with Crippen molar-refractivity contribution in [2.45, 2.75) is 39.7 Å². The fraction of sp³-hybridized carbons (Fsp3) is 0.615. The van der Waals surface area contributed by atoms with Crippen LogP contribution in [0, 0.1) is 5.92 Å². The normalized spacial score (nSPS) is 15.1. The highest BCUT2D eigenvalue weighted by molar-refractivity contribution is 6.31. The minimum absolute atomic E-state index is 0.421. The Kier molecular flexibility index (Phi) is 5.23. The number of pyridine rings is 1. The Bertz CT molecular complexity index is 325. The molecule has 1 N–H and O–H groups in total. The van der Waals surface area contributed by atoms with Crippen LogP contribution in [0.15, 0.2) is 18.5 Å². The molecular weight excluding hydrogens is 220 g/mol. The van der Waals surface area contributed by atoms with Gasteiger partial charge in [0, 0.05) is 24.4 Å². The van der Waals surface area contributed by atoms with Crippen LogP contribution in [0.3, 0.4) is 0 Å². The van der Waals surface area contributed by atoms with E-state index in [4.69, 9.17) is 11.6 Å². The van der Waals surface area contributed by atoms with Crippen molar-refractivity contribution in [3.8, 4) is 0 Å². The highest BCUT2D eigenvalue weighted by Gasteiger charge is 2.23. The maximum Gasteiger partial charge on any atom is 0.0624 e. The molecule has 3 heteroatoms. The second kappa shape index (κ2) is 6.21. The summed E-state index contributed by atoms with van der Waals surface area (Å²) in [5.74, 6) is 0.976. The third-order valence-corrected chi connectivity index (χ3v) is 3.26. The zero-order valence-corrected chi connectivity index (χ0v) is 11.3. The predicted molar refractivity (Wildman–Crippen MR) is 70.0 cm³/mol. The zero-order chi connectivity index (χ0) is 12.1. The molecule has 0 bridgehead atoms. The molecule has 0 aliphatic rings. The summed E-state index contributed by atoms with van der Waals surface area (Å²) in [6, 6.07) is 2.45. The molecule has 0 aliphatic heterocycles. The van der Waals surface area contributed by atoms with Gasteiger partial charge in [-0.05, 0) is 31.0 Å². The van der Waals surface area contributed by atoms with Gasteiger partial charge in [-0.1, -0.05) is 32.4 Å². The number of nitrogens with one attached hydrogen (secondary N) is 1. The quantitative estimate of drug-likeness (QED) is 0.853. The van der Waals surface area contributed by atoms with E-state index in [1.807, 2.05) is 12.3 Å². The van der Waals surface area contributed by atoms with Crippen LogP contribution < -0.4 is 5.32 Å². The second-order valence-electron chi connectivity index (χ2n) is 4.51. The number of hydrogen-bond acceptors (Lipinski definition) is 2. The van der Waals surface area contributed by atoms with Crippen molar-refractivity contribution in [3.05, 3.63) is 29.0 Å². The molecule has 1 heterocycles. The molecule has 0 aromatic carbocycles. The first-order valence-corrected chi connectivity index (χ1v) is 6.28. The van der Waals surface area contributed by atoms with Gasteiger partial charge < -0.3 is 5.32 Å². The van der Waals surface area contributed by atoms with Crippen molar-refractivity contribution in [2.75, 3.05) is 6.54 Å². The first-order chi connectivity index (χ1) is 7.57. The molecule has 0 amide bonds. The summed E-state index contributed by atoms with van der Waals surface area (Å²) < 4.78 is 0. The number of hydrogen-bond donors (Lipinski definition) is 1. The third-order valence-electron chi connectivity index (χ3n) is 2.95. The van der Waals surface area contributed by atoms with Gasteiger partial charge in [0.05, 0.1) is 5.02 Å². The van der Waals surface area contributed by atoms with Crippen LogP contribution >= 0.6 is 11.6 Å². The fourth-order valence-corrected chi connectivity index (χ4v) is 2.56. The molecule has 1 rings (SSSR count). The SMILES string of the molecule is CCNC(C)C(c1ccncc1Cl)C(C)C. The summed E-state index contributed by atoms with van der Waals surface area (Å²) >= 11 is 6.22. The van der Waals surface area contributed by atoms with Crippen molar-refractivity contribution in [1.82, 2.24) is 10.3 Å². The van der Waals surface area contributed by atoms with Gasteiger partial charge in [-0.15, -0.1) is 0 Å². The lowest BCUT2D eigenvalue weighted by Gasteiger charge is -2.29. The maximum absolute atomic E-state index is 6.22. The summed E-state index contributed by atoms with van der Waals surface area (Å²) in [7, 11) is 0. The van der Waals surface area contributed by atoms with Crippen LogP contribution in [-0.4, -0.2) is 17.6 Å². The van der Waals surface area contributed by atoms with Crippen molar-refractivity contribution in [2.24, 2.45) is 5.92 Å². The van der Waals surface area contributed by atoms with E-state index in [0.717, 1.165) is 11.6 Å². The van der Waals surface area contributed by atoms with Crippen molar-refractivity contribution >= 4 is 11.6 Å². The van der Waals surface area contributed by atoms with Gasteiger partial charge in [0.1, 0.15) is 0 Å². The molecule has 0 fully saturated rings. The largest absolute Gasteiger partial charge is 0.314 e. The summed E-state index contributed by atoms with van der Waals surface area (Å²) in [4.78, 5) is 4.04. The molecule has 1 aromatic heterocycles. The first kappa shape index (κ1) is 13.5. The first-order valence-electron chi connectivity index (χ1n) is 5.90. The lowest BCUT2D eigenvalue weighted by molar-refractivity contribution is 0.383. The number of rotatable bonds is 5. The minimum atomic E-state index is 0.421. The highest BCUT2D eigenvalue weighted by Crippen LogP contribution is 2.32. The number of halogens is 1. The van der Waals surface area contributed by atoms with Gasteiger partial charge in [-0.25, -0.2) is 0 Å². The smallest absolute Gasteiger partial charge is 0.0624 e. The van der Waals surface area contributed by atoms with E-state index in [0.29, 0.717) is 17.9 Å². The van der Waals surface area contributed by atoms with Gasteiger partial charge in [0.15, 0.2) is 0 Å². The summed E-state index contributed by atoms with van der Waals surface area (Å²) in [6.45, 7) is 9.78. The third kappa shape index (κ3) is 3.19. The monoisotopic (exact) mass is 240 g/mol. The van der Waals surface area contributed by atoms with Gasteiger partial charge in [-0.2, -0.15) is 0 Å². The molecule has 90 valence electrons.